The molecule has 104 valence electrons. The van der Waals surface area contributed by atoms with Gasteiger partial charge in [-0.2, -0.15) is 0 Å². The van der Waals surface area contributed by atoms with Gasteiger partial charge in [0.25, 0.3) is 0 Å². The topological polar surface area (TPSA) is 60.2 Å². The number of rotatable bonds is 2. The Morgan fingerprint density at radius 3 is 2.55 bits per heavy atom. The van der Waals surface area contributed by atoms with Crippen LogP contribution in [0.3, 0.4) is 0 Å². The zero-order valence-corrected chi connectivity index (χ0v) is 12.1. The van der Waals surface area contributed by atoms with Crippen LogP contribution in [0.15, 0.2) is 53.4 Å². The summed E-state index contributed by atoms with van der Waals surface area (Å²) >= 11 is 0. The summed E-state index contributed by atoms with van der Waals surface area (Å²) in [7, 11) is -3.40. The number of nitrogens with two attached hydrogens (primary N) is 1. The molecule has 0 bridgehead atoms. The summed E-state index contributed by atoms with van der Waals surface area (Å²) in [5.41, 5.74) is 9.11. The standard InChI is InChI=1S/C16H17NO2S/c1-11-5-4-7-13(9-11)20(18,19)15-10-12-6-2-3-8-14(12)16(15)17/h2-9,15-16H,10,17H2,1H3. The van der Waals surface area contributed by atoms with E-state index in [9.17, 15) is 8.42 Å². The highest BCUT2D eigenvalue weighted by Crippen LogP contribution is 2.36. The van der Waals surface area contributed by atoms with Crippen molar-refractivity contribution in [3.05, 3.63) is 65.2 Å². The Morgan fingerprint density at radius 1 is 1.10 bits per heavy atom. The summed E-state index contributed by atoms with van der Waals surface area (Å²) in [6, 6.07) is 14.3. The van der Waals surface area contributed by atoms with E-state index in [2.05, 4.69) is 0 Å². The van der Waals surface area contributed by atoms with Gasteiger partial charge in [0.1, 0.15) is 0 Å². The largest absolute Gasteiger partial charge is 0.323 e. The first-order valence-electron chi connectivity index (χ1n) is 6.64. The molecule has 0 radical (unpaired) electrons. The maximum Gasteiger partial charge on any atom is 0.183 e. The molecule has 0 spiro atoms. The van der Waals surface area contributed by atoms with Crippen LogP contribution >= 0.6 is 0 Å². The van der Waals surface area contributed by atoms with Crippen LogP contribution in [-0.4, -0.2) is 13.7 Å². The van der Waals surface area contributed by atoms with E-state index in [1.54, 1.807) is 18.2 Å². The van der Waals surface area contributed by atoms with E-state index < -0.39 is 21.1 Å². The Hall–Kier alpha value is -1.65. The van der Waals surface area contributed by atoms with Gasteiger partial charge in [-0.3, -0.25) is 0 Å². The van der Waals surface area contributed by atoms with Crippen LogP contribution in [0.4, 0.5) is 0 Å². The van der Waals surface area contributed by atoms with E-state index in [0.29, 0.717) is 11.3 Å². The first-order chi connectivity index (χ1) is 9.50. The van der Waals surface area contributed by atoms with Crippen LogP contribution in [0.25, 0.3) is 0 Å². The molecule has 0 fully saturated rings. The molecule has 20 heavy (non-hydrogen) atoms. The summed E-state index contributed by atoms with van der Waals surface area (Å²) in [5, 5.41) is -0.568. The number of benzene rings is 2. The summed E-state index contributed by atoms with van der Waals surface area (Å²) < 4.78 is 25.6. The lowest BCUT2D eigenvalue weighted by atomic mass is 10.1. The van der Waals surface area contributed by atoms with Crippen LogP contribution in [0.2, 0.25) is 0 Å². The van der Waals surface area contributed by atoms with Gasteiger partial charge >= 0.3 is 0 Å². The normalized spacial score (nSPS) is 21.7. The van der Waals surface area contributed by atoms with Crippen molar-refractivity contribution in [2.75, 3.05) is 0 Å². The zero-order chi connectivity index (χ0) is 14.3. The van der Waals surface area contributed by atoms with Crippen LogP contribution in [-0.2, 0) is 16.3 Å². The Labute approximate surface area is 119 Å². The molecule has 0 aliphatic heterocycles. The van der Waals surface area contributed by atoms with Crippen molar-refractivity contribution >= 4 is 9.84 Å². The lowest BCUT2D eigenvalue weighted by Gasteiger charge is -2.17. The van der Waals surface area contributed by atoms with E-state index in [4.69, 9.17) is 5.73 Å². The highest BCUT2D eigenvalue weighted by atomic mass is 32.2. The fourth-order valence-corrected chi connectivity index (χ4v) is 4.76. The fraction of sp³-hybridized carbons (Fsp3) is 0.250. The zero-order valence-electron chi connectivity index (χ0n) is 11.3. The molecule has 2 unspecified atom stereocenters. The molecule has 0 heterocycles. The van der Waals surface area contributed by atoms with Crippen molar-refractivity contribution in [1.29, 1.82) is 0 Å². The molecular weight excluding hydrogens is 270 g/mol. The Kier molecular flexibility index (Phi) is 3.15. The Bertz CT molecular complexity index is 753. The molecule has 2 aromatic carbocycles. The molecule has 2 atom stereocenters. The number of aryl methyl sites for hydroxylation is 1. The summed E-state index contributed by atoms with van der Waals surface area (Å²) in [6.07, 6.45) is 0.494. The maximum atomic E-state index is 12.8. The lowest BCUT2D eigenvalue weighted by molar-refractivity contribution is 0.565. The molecule has 1 aliphatic carbocycles. The second kappa shape index (κ2) is 4.72. The highest BCUT2D eigenvalue weighted by molar-refractivity contribution is 7.92. The quantitative estimate of drug-likeness (QED) is 0.922. The predicted octanol–water partition coefficient (Wildman–Crippen LogP) is 2.39. The number of hydrogen-bond acceptors (Lipinski definition) is 3. The second-order valence-corrected chi connectivity index (χ2v) is 7.50. The van der Waals surface area contributed by atoms with E-state index in [1.807, 2.05) is 37.3 Å². The van der Waals surface area contributed by atoms with E-state index >= 15 is 0 Å². The third kappa shape index (κ3) is 2.05. The summed E-state index contributed by atoms with van der Waals surface area (Å²) in [6.45, 7) is 1.89. The van der Waals surface area contributed by atoms with Crippen molar-refractivity contribution < 1.29 is 8.42 Å². The highest BCUT2D eigenvalue weighted by Gasteiger charge is 2.39. The lowest BCUT2D eigenvalue weighted by Crippen LogP contribution is -2.30. The molecule has 1 aliphatic rings. The minimum absolute atomic E-state index is 0.366. The first kappa shape index (κ1) is 13.3. The molecule has 3 nitrogen and oxygen atoms in total. The van der Waals surface area contributed by atoms with Crippen molar-refractivity contribution in [2.45, 2.75) is 29.5 Å². The molecular formula is C16H17NO2S. The Morgan fingerprint density at radius 2 is 1.85 bits per heavy atom. The van der Waals surface area contributed by atoms with Crippen molar-refractivity contribution in [1.82, 2.24) is 0 Å². The van der Waals surface area contributed by atoms with E-state index in [0.717, 1.165) is 16.7 Å². The van der Waals surface area contributed by atoms with E-state index in [-0.39, 0.29) is 0 Å². The van der Waals surface area contributed by atoms with Gasteiger partial charge in [0.2, 0.25) is 0 Å². The van der Waals surface area contributed by atoms with Gasteiger partial charge in [0.05, 0.1) is 10.1 Å². The third-order valence-electron chi connectivity index (χ3n) is 3.95. The van der Waals surface area contributed by atoms with E-state index in [1.165, 1.54) is 0 Å². The third-order valence-corrected chi connectivity index (χ3v) is 6.12. The van der Waals surface area contributed by atoms with Gasteiger partial charge < -0.3 is 5.73 Å². The maximum absolute atomic E-state index is 12.8. The molecule has 0 amide bonds. The molecule has 2 N–H and O–H groups in total. The average molecular weight is 287 g/mol. The summed E-state index contributed by atoms with van der Waals surface area (Å²) in [4.78, 5) is 0.366. The van der Waals surface area contributed by atoms with Gasteiger partial charge in [-0.15, -0.1) is 0 Å². The average Bonchev–Trinajstić information content (AvgIpc) is 2.77. The molecule has 2 aromatic rings. The van der Waals surface area contributed by atoms with Gasteiger partial charge in [-0.25, -0.2) is 8.42 Å². The molecule has 0 saturated carbocycles. The molecule has 0 aromatic heterocycles. The number of hydrogen-bond donors (Lipinski definition) is 1. The number of sulfone groups is 1. The van der Waals surface area contributed by atoms with Crippen LogP contribution in [0, 0.1) is 6.92 Å². The van der Waals surface area contributed by atoms with Gasteiger partial charge in [0.15, 0.2) is 9.84 Å². The minimum Gasteiger partial charge on any atom is -0.323 e. The first-order valence-corrected chi connectivity index (χ1v) is 8.19. The van der Waals surface area contributed by atoms with Gasteiger partial charge in [-0.1, -0.05) is 36.4 Å². The summed E-state index contributed by atoms with van der Waals surface area (Å²) in [5.74, 6) is 0. The Balaban J connectivity index is 2.03. The molecule has 3 rings (SSSR count). The van der Waals surface area contributed by atoms with Gasteiger partial charge in [-0.05, 0) is 42.2 Å². The minimum atomic E-state index is -3.40. The SMILES string of the molecule is Cc1cccc(S(=O)(=O)C2Cc3ccccc3C2N)c1. The van der Waals surface area contributed by atoms with Crippen molar-refractivity contribution in [3.8, 4) is 0 Å². The fourth-order valence-electron chi connectivity index (χ4n) is 2.86. The smallest absolute Gasteiger partial charge is 0.183 e. The predicted molar refractivity (Wildman–Crippen MR) is 79.2 cm³/mol. The molecule has 4 heteroatoms. The van der Waals surface area contributed by atoms with Crippen LogP contribution in [0.5, 0.6) is 0 Å². The monoisotopic (exact) mass is 287 g/mol. The number of fused-ring (bicyclic) bond motifs is 1. The molecule has 0 saturated heterocycles. The van der Waals surface area contributed by atoms with Crippen molar-refractivity contribution in [3.63, 3.8) is 0 Å². The second-order valence-electron chi connectivity index (χ2n) is 5.33. The van der Waals surface area contributed by atoms with Crippen molar-refractivity contribution in [2.24, 2.45) is 5.73 Å². The van der Waals surface area contributed by atoms with Gasteiger partial charge in [0, 0.05) is 6.04 Å². The van der Waals surface area contributed by atoms with Crippen LogP contribution in [0.1, 0.15) is 22.7 Å². The van der Waals surface area contributed by atoms with Crippen LogP contribution < -0.4 is 5.73 Å².